The van der Waals surface area contributed by atoms with Gasteiger partial charge >= 0.3 is 0 Å². The second kappa shape index (κ2) is 5.35. The molecule has 1 aliphatic carbocycles. The molecule has 1 saturated carbocycles. The molecule has 2 rings (SSSR count). The van der Waals surface area contributed by atoms with Crippen molar-refractivity contribution in [3.8, 4) is 6.07 Å². The van der Waals surface area contributed by atoms with Crippen molar-refractivity contribution < 1.29 is 9.50 Å². The van der Waals surface area contributed by atoms with Crippen molar-refractivity contribution in [1.82, 2.24) is 0 Å². The van der Waals surface area contributed by atoms with Gasteiger partial charge in [0.1, 0.15) is 5.82 Å². The van der Waals surface area contributed by atoms with Crippen LogP contribution >= 0.6 is 11.6 Å². The molecule has 1 atom stereocenters. The number of hydrogen-bond acceptors (Lipinski definition) is 2. The first kappa shape index (κ1) is 15.3. The van der Waals surface area contributed by atoms with Gasteiger partial charge in [-0.05, 0) is 43.2 Å². The van der Waals surface area contributed by atoms with Crippen molar-refractivity contribution in [2.45, 2.75) is 45.6 Å². The summed E-state index contributed by atoms with van der Waals surface area (Å²) in [5, 5.41) is 20.3. The summed E-state index contributed by atoms with van der Waals surface area (Å²) in [6.07, 6.45) is 2.06. The molecular formula is C16H19ClFNO. The predicted octanol–water partition coefficient (Wildman–Crippen LogP) is 4.62. The van der Waals surface area contributed by atoms with E-state index in [-0.39, 0.29) is 10.4 Å². The van der Waals surface area contributed by atoms with E-state index >= 15 is 0 Å². The van der Waals surface area contributed by atoms with E-state index < -0.39 is 17.3 Å². The Hall–Kier alpha value is -1.11. The molecule has 0 aliphatic heterocycles. The number of hydrogen-bond donors (Lipinski definition) is 1. The van der Waals surface area contributed by atoms with E-state index in [0.717, 1.165) is 12.8 Å². The van der Waals surface area contributed by atoms with E-state index in [1.165, 1.54) is 18.2 Å². The van der Waals surface area contributed by atoms with Crippen LogP contribution in [0.2, 0.25) is 5.02 Å². The minimum absolute atomic E-state index is 0.178. The summed E-state index contributed by atoms with van der Waals surface area (Å²) in [6, 6.07) is 6.21. The molecule has 2 nitrogen and oxygen atoms in total. The van der Waals surface area contributed by atoms with Gasteiger partial charge in [0.05, 0.1) is 17.6 Å². The van der Waals surface area contributed by atoms with Gasteiger partial charge in [-0.2, -0.15) is 5.26 Å². The molecule has 0 aromatic heterocycles. The van der Waals surface area contributed by atoms with Crippen molar-refractivity contribution in [2.24, 2.45) is 10.8 Å². The minimum atomic E-state index is -0.975. The molecule has 0 spiro atoms. The maximum Gasteiger partial charge on any atom is 0.124 e. The van der Waals surface area contributed by atoms with Crippen LogP contribution in [0.1, 0.15) is 51.2 Å². The molecule has 1 N–H and O–H groups in total. The van der Waals surface area contributed by atoms with Crippen LogP contribution in [0.3, 0.4) is 0 Å². The summed E-state index contributed by atoms with van der Waals surface area (Å²) in [5.41, 5.74) is -0.182. The first-order valence-corrected chi connectivity index (χ1v) is 7.22. The third-order valence-electron chi connectivity index (χ3n) is 4.50. The van der Waals surface area contributed by atoms with Crippen molar-refractivity contribution in [3.63, 3.8) is 0 Å². The average molecular weight is 296 g/mol. The Balaban J connectivity index is 2.31. The Bertz CT molecular complexity index is 540. The summed E-state index contributed by atoms with van der Waals surface area (Å²) in [4.78, 5) is 0. The summed E-state index contributed by atoms with van der Waals surface area (Å²) < 4.78 is 13.1. The summed E-state index contributed by atoms with van der Waals surface area (Å²) in [6.45, 7) is 4.34. The lowest BCUT2D eigenvalue weighted by atomic mass is 9.62. The van der Waals surface area contributed by atoms with Gasteiger partial charge in [-0.25, -0.2) is 4.39 Å². The number of aliphatic hydroxyl groups excluding tert-OH is 1. The molecule has 0 saturated heterocycles. The predicted molar refractivity (Wildman–Crippen MR) is 76.7 cm³/mol. The number of rotatable bonds is 2. The van der Waals surface area contributed by atoms with Crippen LogP contribution in [-0.4, -0.2) is 5.11 Å². The van der Waals surface area contributed by atoms with Crippen LogP contribution < -0.4 is 0 Å². The maximum absolute atomic E-state index is 13.1. The highest BCUT2D eigenvalue weighted by atomic mass is 35.5. The second-order valence-electron chi connectivity index (χ2n) is 6.50. The Kier molecular flexibility index (Phi) is 4.09. The second-order valence-corrected chi connectivity index (χ2v) is 6.91. The molecule has 0 heterocycles. The van der Waals surface area contributed by atoms with E-state index in [0.29, 0.717) is 18.4 Å². The highest BCUT2D eigenvalue weighted by Crippen LogP contribution is 2.51. The van der Waals surface area contributed by atoms with Gasteiger partial charge in [0.25, 0.3) is 0 Å². The van der Waals surface area contributed by atoms with Gasteiger partial charge in [-0.3, -0.25) is 0 Å². The summed E-state index contributed by atoms with van der Waals surface area (Å²) in [5.74, 6) is -0.443. The third kappa shape index (κ3) is 2.82. The lowest BCUT2D eigenvalue weighted by molar-refractivity contribution is 0.00959. The van der Waals surface area contributed by atoms with Crippen LogP contribution in [-0.2, 0) is 0 Å². The standard InChI is InChI=1S/C16H19ClFNO/c1-15(2)5-7-16(10-19,8-6-15)14(20)12-4-3-11(18)9-13(12)17/h3-4,9,14,20H,5-8H2,1-2H3. The van der Waals surface area contributed by atoms with Crippen LogP contribution in [0.4, 0.5) is 4.39 Å². The van der Waals surface area contributed by atoms with E-state index in [9.17, 15) is 14.8 Å². The normalized spacial score (nSPS) is 22.0. The van der Waals surface area contributed by atoms with Gasteiger partial charge < -0.3 is 5.11 Å². The summed E-state index contributed by atoms with van der Waals surface area (Å²) in [7, 11) is 0. The van der Waals surface area contributed by atoms with Crippen LogP contribution in [0.15, 0.2) is 18.2 Å². The van der Waals surface area contributed by atoms with Gasteiger partial charge in [-0.1, -0.05) is 31.5 Å². The molecule has 108 valence electrons. The van der Waals surface area contributed by atoms with E-state index in [1.54, 1.807) is 0 Å². The highest BCUT2D eigenvalue weighted by molar-refractivity contribution is 6.31. The highest BCUT2D eigenvalue weighted by Gasteiger charge is 2.45. The zero-order valence-corrected chi connectivity index (χ0v) is 12.5. The number of nitriles is 1. The molecule has 0 radical (unpaired) electrons. The minimum Gasteiger partial charge on any atom is -0.387 e. The quantitative estimate of drug-likeness (QED) is 0.865. The maximum atomic E-state index is 13.1. The smallest absolute Gasteiger partial charge is 0.124 e. The number of nitrogens with zero attached hydrogens (tertiary/aromatic N) is 1. The molecule has 0 bridgehead atoms. The fourth-order valence-corrected chi connectivity index (χ4v) is 3.11. The van der Waals surface area contributed by atoms with E-state index in [1.807, 2.05) is 0 Å². The zero-order valence-electron chi connectivity index (χ0n) is 11.8. The number of aliphatic hydroxyl groups is 1. The third-order valence-corrected chi connectivity index (χ3v) is 4.83. The van der Waals surface area contributed by atoms with Crippen LogP contribution in [0.25, 0.3) is 0 Å². The van der Waals surface area contributed by atoms with Gasteiger partial charge in [0.2, 0.25) is 0 Å². The number of halogens is 2. The first-order valence-electron chi connectivity index (χ1n) is 6.84. The van der Waals surface area contributed by atoms with Gasteiger partial charge in [0, 0.05) is 10.6 Å². The average Bonchev–Trinajstić information content (AvgIpc) is 2.39. The zero-order chi connectivity index (χ0) is 15.0. The molecule has 0 amide bonds. The van der Waals surface area contributed by atoms with Crippen LogP contribution in [0.5, 0.6) is 0 Å². The van der Waals surface area contributed by atoms with Crippen molar-refractivity contribution >= 4 is 11.6 Å². The molecule has 1 aromatic rings. The SMILES string of the molecule is CC1(C)CCC(C#N)(C(O)c2ccc(F)cc2Cl)CC1. The van der Waals surface area contributed by atoms with Crippen molar-refractivity contribution in [2.75, 3.05) is 0 Å². The van der Waals surface area contributed by atoms with Crippen LogP contribution in [0, 0.1) is 28.0 Å². The van der Waals surface area contributed by atoms with Crippen molar-refractivity contribution in [1.29, 1.82) is 5.26 Å². The van der Waals surface area contributed by atoms with E-state index in [2.05, 4.69) is 19.9 Å². The summed E-state index contributed by atoms with van der Waals surface area (Å²) >= 11 is 6.01. The molecule has 1 aromatic carbocycles. The molecule has 4 heteroatoms. The lowest BCUT2D eigenvalue weighted by Gasteiger charge is -2.42. The van der Waals surface area contributed by atoms with Crippen molar-refractivity contribution in [3.05, 3.63) is 34.6 Å². The molecule has 1 aliphatic rings. The Morgan fingerprint density at radius 3 is 2.40 bits per heavy atom. The molecule has 1 unspecified atom stereocenters. The Morgan fingerprint density at radius 2 is 1.90 bits per heavy atom. The topological polar surface area (TPSA) is 44.0 Å². The fourth-order valence-electron chi connectivity index (χ4n) is 2.84. The largest absolute Gasteiger partial charge is 0.387 e. The Morgan fingerprint density at radius 1 is 1.30 bits per heavy atom. The molecule has 20 heavy (non-hydrogen) atoms. The number of benzene rings is 1. The monoisotopic (exact) mass is 295 g/mol. The van der Waals surface area contributed by atoms with Gasteiger partial charge in [0.15, 0.2) is 0 Å². The van der Waals surface area contributed by atoms with Gasteiger partial charge in [-0.15, -0.1) is 0 Å². The Labute approximate surface area is 124 Å². The van der Waals surface area contributed by atoms with E-state index in [4.69, 9.17) is 11.6 Å². The fraction of sp³-hybridized carbons (Fsp3) is 0.562. The molecular weight excluding hydrogens is 277 g/mol. The molecule has 1 fully saturated rings. The first-order chi connectivity index (χ1) is 9.30. The lowest BCUT2D eigenvalue weighted by Crippen LogP contribution is -2.35.